The highest BCUT2D eigenvalue weighted by molar-refractivity contribution is 6.04. The van der Waals surface area contributed by atoms with Crippen molar-refractivity contribution in [1.29, 1.82) is 0 Å². The predicted octanol–water partition coefficient (Wildman–Crippen LogP) is 2.97. The molecular weight excluding hydrogens is 461 g/mol. The number of benzene rings is 2. The summed E-state index contributed by atoms with van der Waals surface area (Å²) in [5.74, 6) is -0.392. The van der Waals surface area contributed by atoms with Crippen molar-refractivity contribution in [3.8, 4) is 0 Å². The van der Waals surface area contributed by atoms with Gasteiger partial charge in [0.05, 0.1) is 24.4 Å². The summed E-state index contributed by atoms with van der Waals surface area (Å²) >= 11 is 0. The average molecular weight is 490 g/mol. The summed E-state index contributed by atoms with van der Waals surface area (Å²) in [6.07, 6.45) is 1.48. The summed E-state index contributed by atoms with van der Waals surface area (Å²) in [4.78, 5) is 15.3. The standard InChI is InChI=1S/C26H28FN7O2/c1-32-22-8-3-2-7-20(22)25(30-32)26(35)28-19-9-11-33(12-10-19)14-21-23-16-36-24(15-34(23)31-29-21)17-5-4-6-18(27)13-17/h2-8,13,19,24H,9-12,14-16H2,1H3,(H,28,35)/t24-/m0/s1. The first-order valence-corrected chi connectivity index (χ1v) is 12.3. The molecule has 0 radical (unpaired) electrons. The van der Waals surface area contributed by atoms with Crippen LogP contribution in [0.5, 0.6) is 0 Å². The monoisotopic (exact) mass is 489 g/mol. The maximum absolute atomic E-state index is 13.6. The van der Waals surface area contributed by atoms with Crippen molar-refractivity contribution in [2.75, 3.05) is 13.1 Å². The summed E-state index contributed by atoms with van der Waals surface area (Å²) in [5, 5.41) is 17.2. The number of fused-ring (bicyclic) bond motifs is 2. The van der Waals surface area contributed by atoms with Crippen LogP contribution in [0.1, 0.15) is 46.4 Å². The molecule has 0 spiro atoms. The van der Waals surface area contributed by atoms with E-state index >= 15 is 0 Å². The van der Waals surface area contributed by atoms with Gasteiger partial charge in [0.2, 0.25) is 0 Å². The lowest BCUT2D eigenvalue weighted by atomic mass is 10.0. The normalized spacial score (nSPS) is 18.9. The fraction of sp³-hybridized carbons (Fsp3) is 0.385. The van der Waals surface area contributed by atoms with Crippen molar-refractivity contribution in [3.63, 3.8) is 0 Å². The number of aromatic nitrogens is 5. The van der Waals surface area contributed by atoms with Crippen LogP contribution in [0.25, 0.3) is 10.9 Å². The zero-order chi connectivity index (χ0) is 24.6. The first-order chi connectivity index (χ1) is 17.5. The second-order valence-corrected chi connectivity index (χ2v) is 9.53. The Bertz CT molecular complexity index is 1410. The molecule has 0 unspecified atom stereocenters. The number of likely N-dealkylation sites (tertiary alicyclic amines) is 1. The summed E-state index contributed by atoms with van der Waals surface area (Å²) in [5.41, 5.74) is 4.11. The third kappa shape index (κ3) is 4.38. The van der Waals surface area contributed by atoms with E-state index in [4.69, 9.17) is 4.74 Å². The number of para-hydroxylation sites is 1. The smallest absolute Gasteiger partial charge is 0.272 e. The number of halogens is 1. The van der Waals surface area contributed by atoms with Gasteiger partial charge in [-0.2, -0.15) is 5.10 Å². The van der Waals surface area contributed by atoms with Gasteiger partial charge >= 0.3 is 0 Å². The van der Waals surface area contributed by atoms with Crippen LogP contribution >= 0.6 is 0 Å². The van der Waals surface area contributed by atoms with Crippen molar-refractivity contribution >= 4 is 16.8 Å². The van der Waals surface area contributed by atoms with Crippen molar-refractivity contribution in [2.24, 2.45) is 7.05 Å². The van der Waals surface area contributed by atoms with Crippen LogP contribution in [0, 0.1) is 5.82 Å². The van der Waals surface area contributed by atoms with E-state index in [2.05, 4.69) is 25.6 Å². The van der Waals surface area contributed by atoms with E-state index in [0.29, 0.717) is 25.4 Å². The van der Waals surface area contributed by atoms with Gasteiger partial charge in [0.1, 0.15) is 17.6 Å². The number of nitrogens with zero attached hydrogens (tertiary/aromatic N) is 6. The first kappa shape index (κ1) is 22.8. The molecule has 2 aromatic heterocycles. The maximum Gasteiger partial charge on any atom is 0.272 e. The molecule has 1 atom stereocenters. The minimum atomic E-state index is -0.269. The lowest BCUT2D eigenvalue weighted by Gasteiger charge is -2.32. The van der Waals surface area contributed by atoms with Crippen LogP contribution in [-0.4, -0.2) is 54.7 Å². The number of ether oxygens (including phenoxy) is 1. The molecule has 2 aromatic carbocycles. The molecule has 1 N–H and O–H groups in total. The van der Waals surface area contributed by atoms with Gasteiger partial charge in [0.25, 0.3) is 5.91 Å². The number of aryl methyl sites for hydroxylation is 1. The highest BCUT2D eigenvalue weighted by atomic mass is 19.1. The number of amides is 1. The molecule has 1 fully saturated rings. The minimum Gasteiger partial charge on any atom is -0.365 e. The molecule has 4 aromatic rings. The Morgan fingerprint density at radius 3 is 2.83 bits per heavy atom. The maximum atomic E-state index is 13.6. The third-order valence-corrected chi connectivity index (χ3v) is 7.17. The van der Waals surface area contributed by atoms with E-state index in [1.165, 1.54) is 12.1 Å². The Balaban J connectivity index is 1.04. The molecule has 2 aliphatic heterocycles. The SMILES string of the molecule is Cn1nc(C(=O)NC2CCN(Cc3nnn4c3CO[C@H](c3cccc(F)c3)C4)CC2)c2ccccc21. The van der Waals surface area contributed by atoms with Crippen LogP contribution in [0.15, 0.2) is 48.5 Å². The Morgan fingerprint density at radius 1 is 1.17 bits per heavy atom. The summed E-state index contributed by atoms with van der Waals surface area (Å²) < 4.78 is 23.3. The van der Waals surface area contributed by atoms with Gasteiger partial charge < -0.3 is 10.1 Å². The van der Waals surface area contributed by atoms with Crippen LogP contribution in [0.2, 0.25) is 0 Å². The average Bonchev–Trinajstić information content (AvgIpc) is 3.46. The zero-order valence-electron chi connectivity index (χ0n) is 20.1. The van der Waals surface area contributed by atoms with Gasteiger partial charge in [-0.15, -0.1) is 5.10 Å². The fourth-order valence-corrected chi connectivity index (χ4v) is 5.18. The molecule has 4 heterocycles. The van der Waals surface area contributed by atoms with Gasteiger partial charge in [0.15, 0.2) is 5.69 Å². The van der Waals surface area contributed by atoms with E-state index in [1.54, 1.807) is 10.7 Å². The van der Waals surface area contributed by atoms with Gasteiger partial charge in [-0.05, 0) is 36.6 Å². The van der Waals surface area contributed by atoms with Gasteiger partial charge in [-0.3, -0.25) is 14.4 Å². The fourth-order valence-electron chi connectivity index (χ4n) is 5.18. The second kappa shape index (κ2) is 9.44. The van der Waals surface area contributed by atoms with Crippen LogP contribution in [-0.2, 0) is 31.5 Å². The van der Waals surface area contributed by atoms with Crippen LogP contribution in [0.4, 0.5) is 4.39 Å². The van der Waals surface area contributed by atoms with Crippen molar-refractivity contribution in [2.45, 2.75) is 44.7 Å². The quantitative estimate of drug-likeness (QED) is 0.464. The minimum absolute atomic E-state index is 0.110. The summed E-state index contributed by atoms with van der Waals surface area (Å²) in [6.45, 7) is 3.31. The number of carbonyl (C=O) groups is 1. The number of rotatable bonds is 5. The number of hydrogen-bond donors (Lipinski definition) is 1. The predicted molar refractivity (Wildman–Crippen MR) is 130 cm³/mol. The molecule has 9 nitrogen and oxygen atoms in total. The van der Waals surface area contributed by atoms with Crippen LogP contribution in [0.3, 0.4) is 0 Å². The largest absolute Gasteiger partial charge is 0.365 e. The molecule has 1 saturated heterocycles. The van der Waals surface area contributed by atoms with Crippen molar-refractivity contribution in [3.05, 3.63) is 77.0 Å². The Morgan fingerprint density at radius 2 is 2.00 bits per heavy atom. The molecular formula is C26H28FN7O2. The molecule has 36 heavy (non-hydrogen) atoms. The number of piperidine rings is 1. The summed E-state index contributed by atoms with van der Waals surface area (Å²) in [7, 11) is 1.85. The van der Waals surface area contributed by atoms with E-state index in [-0.39, 0.29) is 23.9 Å². The van der Waals surface area contributed by atoms with E-state index in [9.17, 15) is 9.18 Å². The zero-order valence-corrected chi connectivity index (χ0v) is 20.1. The van der Waals surface area contributed by atoms with Crippen molar-refractivity contribution < 1.29 is 13.9 Å². The van der Waals surface area contributed by atoms with Gasteiger partial charge in [0, 0.05) is 38.1 Å². The van der Waals surface area contributed by atoms with Gasteiger partial charge in [-0.1, -0.05) is 35.5 Å². The Labute approximate surface area is 207 Å². The molecule has 186 valence electrons. The van der Waals surface area contributed by atoms with Gasteiger partial charge in [-0.25, -0.2) is 9.07 Å². The lowest BCUT2D eigenvalue weighted by molar-refractivity contribution is -0.00232. The molecule has 6 rings (SSSR count). The molecule has 1 amide bonds. The number of nitrogens with one attached hydrogen (secondary N) is 1. The summed E-state index contributed by atoms with van der Waals surface area (Å²) in [6, 6.07) is 14.4. The second-order valence-electron chi connectivity index (χ2n) is 9.53. The highest BCUT2D eigenvalue weighted by Gasteiger charge is 2.28. The molecule has 2 aliphatic rings. The van der Waals surface area contributed by atoms with E-state index in [0.717, 1.165) is 53.8 Å². The van der Waals surface area contributed by atoms with Crippen LogP contribution < -0.4 is 5.32 Å². The number of hydrogen-bond acceptors (Lipinski definition) is 6. The lowest BCUT2D eigenvalue weighted by Crippen LogP contribution is -2.44. The van der Waals surface area contributed by atoms with Crippen molar-refractivity contribution in [1.82, 2.24) is 35.0 Å². The molecule has 10 heteroatoms. The van der Waals surface area contributed by atoms with E-state index in [1.807, 2.05) is 42.1 Å². The van der Waals surface area contributed by atoms with E-state index < -0.39 is 0 Å². The highest BCUT2D eigenvalue weighted by Crippen LogP contribution is 2.28. The third-order valence-electron chi connectivity index (χ3n) is 7.17. The first-order valence-electron chi connectivity index (χ1n) is 12.3. The Kier molecular flexibility index (Phi) is 5.98. The topological polar surface area (TPSA) is 90.1 Å². The molecule has 0 saturated carbocycles. The Hall–Kier alpha value is -3.63. The molecule has 0 bridgehead atoms. The molecule has 0 aliphatic carbocycles. The number of carbonyl (C=O) groups excluding carboxylic acids is 1.